The molecule has 0 aliphatic carbocycles. The van der Waals surface area contributed by atoms with Gasteiger partial charge in [-0.25, -0.2) is 0 Å². The second kappa shape index (κ2) is 18.2. The van der Waals surface area contributed by atoms with Crippen molar-refractivity contribution in [3.8, 4) is 0 Å². The van der Waals surface area contributed by atoms with Crippen LogP contribution in [0.3, 0.4) is 0 Å². The van der Waals surface area contributed by atoms with E-state index in [1.165, 1.54) is 0 Å². The number of hydrogen-bond acceptors (Lipinski definition) is 2. The van der Waals surface area contributed by atoms with Crippen LogP contribution in [-0.2, 0) is 9.53 Å². The summed E-state index contributed by atoms with van der Waals surface area (Å²) in [5.74, 6) is -0.0933. The summed E-state index contributed by atoms with van der Waals surface area (Å²) in [5, 5.41) is 0. The number of carbonyl (C=O) groups is 1. The highest BCUT2D eigenvalue weighted by Crippen LogP contribution is 2.00. The predicted molar refractivity (Wildman–Crippen MR) is 100 cm³/mol. The van der Waals surface area contributed by atoms with Gasteiger partial charge in [-0.05, 0) is 52.4 Å². The summed E-state index contributed by atoms with van der Waals surface area (Å²) in [6.07, 6.45) is 27.9. The van der Waals surface area contributed by atoms with Gasteiger partial charge in [0.25, 0.3) is 0 Å². The zero-order valence-corrected chi connectivity index (χ0v) is 14.7. The minimum atomic E-state index is -0.0933. The molecule has 0 aromatic rings. The van der Waals surface area contributed by atoms with E-state index in [2.05, 4.69) is 60.8 Å². The largest absolute Gasteiger partial charge is 0.466 e. The van der Waals surface area contributed by atoms with Crippen LogP contribution in [-0.4, -0.2) is 12.6 Å². The first-order chi connectivity index (χ1) is 11.3. The average Bonchev–Trinajstić information content (AvgIpc) is 2.54. The highest BCUT2D eigenvalue weighted by Gasteiger charge is 1.98. The Morgan fingerprint density at radius 3 is 1.74 bits per heavy atom. The molecule has 23 heavy (non-hydrogen) atoms. The molecule has 0 bridgehead atoms. The maximum Gasteiger partial charge on any atom is 0.305 e. The number of unbranched alkanes of at least 4 members (excludes halogenated alkanes) is 1. The van der Waals surface area contributed by atoms with Crippen LogP contribution in [0, 0.1) is 0 Å². The van der Waals surface area contributed by atoms with Gasteiger partial charge in [0.2, 0.25) is 0 Å². The standard InChI is InChI=1S/C21H32O2/c1-3-5-6-7-8-9-10-11-12-13-14-15-16-17-18-19-20-21(22)23-4-2/h3,5,7-8,10-11,13-14,16-17H,4,6,9,12,15,18-20H2,1-2H3/b5-3+,8-7+,11-10+,14-13+,17-16+. The summed E-state index contributed by atoms with van der Waals surface area (Å²) in [6, 6.07) is 0. The third-order valence-electron chi connectivity index (χ3n) is 3.05. The summed E-state index contributed by atoms with van der Waals surface area (Å²) in [7, 11) is 0. The summed E-state index contributed by atoms with van der Waals surface area (Å²) < 4.78 is 4.88. The van der Waals surface area contributed by atoms with E-state index in [1.807, 2.05) is 13.8 Å². The van der Waals surface area contributed by atoms with Gasteiger partial charge >= 0.3 is 5.97 Å². The first-order valence-electron chi connectivity index (χ1n) is 8.68. The Hall–Kier alpha value is -1.83. The fourth-order valence-electron chi connectivity index (χ4n) is 1.84. The zero-order valence-electron chi connectivity index (χ0n) is 14.7. The fraction of sp³-hybridized carbons (Fsp3) is 0.476. The van der Waals surface area contributed by atoms with E-state index in [0.717, 1.165) is 38.5 Å². The second-order valence-electron chi connectivity index (χ2n) is 5.09. The van der Waals surface area contributed by atoms with Gasteiger partial charge in [-0.3, -0.25) is 4.79 Å². The lowest BCUT2D eigenvalue weighted by molar-refractivity contribution is -0.143. The van der Waals surface area contributed by atoms with E-state index in [-0.39, 0.29) is 5.97 Å². The average molecular weight is 316 g/mol. The first-order valence-corrected chi connectivity index (χ1v) is 8.68. The molecule has 0 unspecified atom stereocenters. The Morgan fingerprint density at radius 2 is 1.26 bits per heavy atom. The lowest BCUT2D eigenvalue weighted by Gasteiger charge is -1.98. The first kappa shape index (κ1) is 21.2. The van der Waals surface area contributed by atoms with Gasteiger partial charge in [0, 0.05) is 6.42 Å². The van der Waals surface area contributed by atoms with Crippen LogP contribution in [0.4, 0.5) is 0 Å². The van der Waals surface area contributed by atoms with Crippen molar-refractivity contribution in [2.45, 2.75) is 58.8 Å². The molecule has 0 spiro atoms. The molecule has 0 atom stereocenters. The van der Waals surface area contributed by atoms with Crippen molar-refractivity contribution in [3.05, 3.63) is 60.8 Å². The van der Waals surface area contributed by atoms with Crippen molar-refractivity contribution in [1.82, 2.24) is 0 Å². The molecule has 0 radical (unpaired) electrons. The summed E-state index contributed by atoms with van der Waals surface area (Å²) >= 11 is 0. The molecule has 0 aliphatic rings. The molecule has 0 amide bonds. The summed E-state index contributed by atoms with van der Waals surface area (Å²) in [6.45, 7) is 4.35. The Morgan fingerprint density at radius 1 is 0.783 bits per heavy atom. The zero-order chi connectivity index (χ0) is 17.0. The van der Waals surface area contributed by atoms with Gasteiger partial charge in [-0.1, -0.05) is 60.8 Å². The quantitative estimate of drug-likeness (QED) is 0.234. The molecule has 0 heterocycles. The van der Waals surface area contributed by atoms with E-state index >= 15 is 0 Å². The van der Waals surface area contributed by atoms with Gasteiger partial charge in [0.1, 0.15) is 0 Å². The molecule has 0 rings (SSSR count). The third-order valence-corrected chi connectivity index (χ3v) is 3.05. The van der Waals surface area contributed by atoms with E-state index in [9.17, 15) is 4.79 Å². The molecule has 2 heteroatoms. The van der Waals surface area contributed by atoms with Crippen molar-refractivity contribution < 1.29 is 9.53 Å². The van der Waals surface area contributed by atoms with Gasteiger partial charge in [-0.2, -0.15) is 0 Å². The number of ether oxygens (including phenoxy) is 1. The van der Waals surface area contributed by atoms with Crippen molar-refractivity contribution in [1.29, 1.82) is 0 Å². The molecule has 0 aromatic carbocycles. The predicted octanol–water partition coefficient (Wildman–Crippen LogP) is 6.08. The van der Waals surface area contributed by atoms with Crippen molar-refractivity contribution in [3.63, 3.8) is 0 Å². The maximum atomic E-state index is 11.1. The fourth-order valence-corrected chi connectivity index (χ4v) is 1.84. The van der Waals surface area contributed by atoms with Crippen molar-refractivity contribution in [2.75, 3.05) is 6.61 Å². The van der Waals surface area contributed by atoms with Crippen LogP contribution < -0.4 is 0 Å². The highest BCUT2D eigenvalue weighted by atomic mass is 16.5. The van der Waals surface area contributed by atoms with Crippen LogP contribution in [0.2, 0.25) is 0 Å². The molecule has 0 saturated heterocycles. The van der Waals surface area contributed by atoms with Gasteiger partial charge in [0.05, 0.1) is 6.61 Å². The molecular weight excluding hydrogens is 284 g/mol. The maximum absolute atomic E-state index is 11.1. The van der Waals surface area contributed by atoms with E-state index in [4.69, 9.17) is 4.74 Å². The van der Waals surface area contributed by atoms with Crippen molar-refractivity contribution in [2.24, 2.45) is 0 Å². The van der Waals surface area contributed by atoms with Gasteiger partial charge in [0.15, 0.2) is 0 Å². The summed E-state index contributed by atoms with van der Waals surface area (Å²) in [5.41, 5.74) is 0. The second-order valence-corrected chi connectivity index (χ2v) is 5.09. The molecule has 0 aliphatic heterocycles. The minimum absolute atomic E-state index is 0.0933. The molecule has 128 valence electrons. The smallest absolute Gasteiger partial charge is 0.305 e. The van der Waals surface area contributed by atoms with Crippen LogP contribution in [0.15, 0.2) is 60.8 Å². The molecule has 0 aromatic heterocycles. The number of esters is 1. The Kier molecular flexibility index (Phi) is 16.8. The number of rotatable bonds is 13. The van der Waals surface area contributed by atoms with Crippen LogP contribution in [0.25, 0.3) is 0 Å². The Balaban J connectivity index is 3.47. The van der Waals surface area contributed by atoms with Crippen LogP contribution in [0.5, 0.6) is 0 Å². The van der Waals surface area contributed by atoms with E-state index in [0.29, 0.717) is 13.0 Å². The SMILES string of the molecule is C/C=C/C/C=C/C/C=C/C/C=C/C/C=C/CCCC(=O)OCC. The number of allylic oxidation sites excluding steroid dienone is 10. The lowest BCUT2D eigenvalue weighted by Crippen LogP contribution is -2.02. The van der Waals surface area contributed by atoms with Crippen LogP contribution in [0.1, 0.15) is 58.8 Å². The Bertz CT molecular complexity index is 412. The molecule has 2 nitrogen and oxygen atoms in total. The Labute approximate surface area is 142 Å². The molecule has 0 N–H and O–H groups in total. The number of hydrogen-bond donors (Lipinski definition) is 0. The van der Waals surface area contributed by atoms with Crippen LogP contribution >= 0.6 is 0 Å². The molecular formula is C21H32O2. The van der Waals surface area contributed by atoms with Gasteiger partial charge in [-0.15, -0.1) is 0 Å². The minimum Gasteiger partial charge on any atom is -0.466 e. The number of carbonyl (C=O) groups excluding carboxylic acids is 1. The molecule has 0 fully saturated rings. The highest BCUT2D eigenvalue weighted by molar-refractivity contribution is 5.69. The topological polar surface area (TPSA) is 26.3 Å². The van der Waals surface area contributed by atoms with E-state index in [1.54, 1.807) is 0 Å². The lowest BCUT2D eigenvalue weighted by atomic mass is 10.2. The van der Waals surface area contributed by atoms with Gasteiger partial charge < -0.3 is 4.74 Å². The molecule has 0 saturated carbocycles. The summed E-state index contributed by atoms with van der Waals surface area (Å²) in [4.78, 5) is 11.1. The van der Waals surface area contributed by atoms with Crippen molar-refractivity contribution >= 4 is 5.97 Å². The monoisotopic (exact) mass is 316 g/mol. The normalized spacial score (nSPS) is 12.6. The van der Waals surface area contributed by atoms with E-state index < -0.39 is 0 Å². The third kappa shape index (κ3) is 18.1.